The summed E-state index contributed by atoms with van der Waals surface area (Å²) in [5, 5.41) is 15.7. The molecule has 0 aromatic carbocycles. The van der Waals surface area contributed by atoms with E-state index in [1.54, 1.807) is 20.2 Å². The van der Waals surface area contributed by atoms with Crippen molar-refractivity contribution in [3.8, 4) is 0 Å². The predicted octanol–water partition coefficient (Wildman–Crippen LogP) is 1.12. The van der Waals surface area contributed by atoms with E-state index in [4.69, 9.17) is 5.11 Å². The second kappa shape index (κ2) is 4.76. The molecule has 1 aromatic heterocycles. The number of aryl methyl sites for hydroxylation is 2. The van der Waals surface area contributed by atoms with E-state index in [1.807, 2.05) is 0 Å². The Bertz CT molecular complexity index is 507. The van der Waals surface area contributed by atoms with E-state index in [2.05, 4.69) is 10.4 Å². The highest BCUT2D eigenvalue weighted by atomic mass is 19.4. The van der Waals surface area contributed by atoms with Gasteiger partial charge in [0.05, 0.1) is 6.20 Å². The minimum atomic E-state index is -4.79. The van der Waals surface area contributed by atoms with E-state index in [0.29, 0.717) is 5.69 Å². The van der Waals surface area contributed by atoms with Gasteiger partial charge < -0.3 is 10.4 Å². The number of halogens is 3. The van der Waals surface area contributed by atoms with E-state index in [0.717, 1.165) is 5.56 Å². The van der Waals surface area contributed by atoms with Crippen LogP contribution in [0.4, 0.5) is 13.2 Å². The lowest BCUT2D eigenvalue weighted by atomic mass is 9.75. The standard InChI is InChI=1S/C12H16F3N3O2/c1-7-4-17-18(2)9(7)3-8-5-16-6-11(8,10(19)20)12(13,14)15/h4,8,16H,3,5-6H2,1-2H3,(H,19,20). The second-order valence-corrected chi connectivity index (χ2v) is 5.20. The van der Waals surface area contributed by atoms with Crippen LogP contribution >= 0.6 is 0 Å². The van der Waals surface area contributed by atoms with Gasteiger partial charge in [0.25, 0.3) is 0 Å². The Morgan fingerprint density at radius 2 is 2.30 bits per heavy atom. The summed E-state index contributed by atoms with van der Waals surface area (Å²) in [5.41, 5.74) is -1.33. The molecule has 0 radical (unpaired) electrons. The average molecular weight is 291 g/mol. The molecule has 2 heterocycles. The maximum absolute atomic E-state index is 13.3. The van der Waals surface area contributed by atoms with Gasteiger partial charge in [-0.05, 0) is 25.5 Å². The van der Waals surface area contributed by atoms with Crippen molar-refractivity contribution in [1.82, 2.24) is 15.1 Å². The zero-order chi connectivity index (χ0) is 15.1. The van der Waals surface area contributed by atoms with Crippen LogP contribution in [0.3, 0.4) is 0 Å². The highest BCUT2D eigenvalue weighted by Gasteiger charge is 2.66. The number of rotatable bonds is 3. The van der Waals surface area contributed by atoms with Crippen LogP contribution in [0.15, 0.2) is 6.20 Å². The van der Waals surface area contributed by atoms with Crippen LogP contribution in [-0.2, 0) is 18.3 Å². The van der Waals surface area contributed by atoms with Crippen LogP contribution in [0.25, 0.3) is 0 Å². The highest BCUT2D eigenvalue weighted by Crippen LogP contribution is 2.47. The minimum absolute atomic E-state index is 0.0242. The molecule has 2 rings (SSSR count). The molecule has 20 heavy (non-hydrogen) atoms. The van der Waals surface area contributed by atoms with E-state index >= 15 is 0 Å². The molecular weight excluding hydrogens is 275 g/mol. The van der Waals surface area contributed by atoms with E-state index in [-0.39, 0.29) is 13.0 Å². The van der Waals surface area contributed by atoms with Gasteiger partial charge in [-0.1, -0.05) is 0 Å². The van der Waals surface area contributed by atoms with Gasteiger partial charge in [-0.25, -0.2) is 0 Å². The molecule has 1 fully saturated rings. The van der Waals surface area contributed by atoms with Gasteiger partial charge in [0.2, 0.25) is 0 Å². The van der Waals surface area contributed by atoms with E-state index in [9.17, 15) is 18.0 Å². The Kier molecular flexibility index (Phi) is 3.53. The van der Waals surface area contributed by atoms with Crippen molar-refractivity contribution in [2.24, 2.45) is 18.4 Å². The molecule has 8 heteroatoms. The normalized spacial score (nSPS) is 26.9. The van der Waals surface area contributed by atoms with Crippen molar-refractivity contribution in [2.45, 2.75) is 19.5 Å². The van der Waals surface area contributed by atoms with Gasteiger partial charge in [-0.3, -0.25) is 9.48 Å². The summed E-state index contributed by atoms with van der Waals surface area (Å²) in [6.45, 7) is 1.19. The molecule has 1 aliphatic rings. The molecule has 1 saturated heterocycles. The fourth-order valence-corrected chi connectivity index (χ4v) is 2.81. The molecule has 1 aliphatic heterocycles. The first-order valence-corrected chi connectivity index (χ1v) is 6.18. The van der Waals surface area contributed by atoms with Gasteiger partial charge in [0.1, 0.15) is 0 Å². The number of hydrogen-bond donors (Lipinski definition) is 2. The van der Waals surface area contributed by atoms with Crippen LogP contribution in [0.1, 0.15) is 11.3 Å². The summed E-state index contributed by atoms with van der Waals surface area (Å²) in [6.07, 6.45) is -3.20. The van der Waals surface area contributed by atoms with Crippen LogP contribution in [-0.4, -0.2) is 40.1 Å². The minimum Gasteiger partial charge on any atom is -0.481 e. The molecule has 0 amide bonds. The smallest absolute Gasteiger partial charge is 0.406 e. The summed E-state index contributed by atoms with van der Waals surface area (Å²) in [7, 11) is 1.64. The van der Waals surface area contributed by atoms with Crippen LogP contribution in [0.5, 0.6) is 0 Å². The lowest BCUT2D eigenvalue weighted by molar-refractivity contribution is -0.236. The van der Waals surface area contributed by atoms with E-state index < -0.39 is 30.0 Å². The summed E-state index contributed by atoms with van der Waals surface area (Å²) >= 11 is 0. The zero-order valence-electron chi connectivity index (χ0n) is 11.2. The number of aromatic nitrogens is 2. The number of carboxylic acids is 1. The van der Waals surface area contributed by atoms with Crippen LogP contribution in [0.2, 0.25) is 0 Å². The van der Waals surface area contributed by atoms with Crippen LogP contribution in [0, 0.1) is 18.3 Å². The quantitative estimate of drug-likeness (QED) is 0.876. The number of alkyl halides is 3. The molecule has 1 aromatic rings. The summed E-state index contributed by atoms with van der Waals surface area (Å²) in [6, 6.07) is 0. The topological polar surface area (TPSA) is 67.2 Å². The van der Waals surface area contributed by atoms with Gasteiger partial charge in [-0.15, -0.1) is 0 Å². The van der Waals surface area contributed by atoms with Gasteiger partial charge in [0.15, 0.2) is 5.41 Å². The third-order valence-corrected chi connectivity index (χ3v) is 4.09. The number of nitrogens with one attached hydrogen (secondary N) is 1. The molecule has 0 bridgehead atoms. The molecule has 112 valence electrons. The van der Waals surface area contributed by atoms with Gasteiger partial charge >= 0.3 is 12.1 Å². The SMILES string of the molecule is Cc1cnn(C)c1CC1CNCC1(C(=O)O)C(F)(F)F. The maximum atomic E-state index is 13.3. The third kappa shape index (κ3) is 2.07. The summed E-state index contributed by atoms with van der Waals surface area (Å²) < 4.78 is 41.4. The monoisotopic (exact) mass is 291 g/mol. The van der Waals surface area contributed by atoms with Gasteiger partial charge in [-0.2, -0.15) is 18.3 Å². The molecule has 2 unspecified atom stereocenters. The number of aliphatic carboxylic acids is 1. The van der Waals surface area contributed by atoms with Crippen molar-refractivity contribution in [2.75, 3.05) is 13.1 Å². The zero-order valence-corrected chi connectivity index (χ0v) is 11.2. The molecule has 5 nitrogen and oxygen atoms in total. The number of carboxylic acid groups (broad SMARTS) is 1. The molecule has 2 atom stereocenters. The highest BCUT2D eigenvalue weighted by molar-refractivity contribution is 5.77. The summed E-state index contributed by atoms with van der Waals surface area (Å²) in [4.78, 5) is 11.3. The Morgan fingerprint density at radius 1 is 1.65 bits per heavy atom. The molecule has 0 saturated carbocycles. The Hall–Kier alpha value is -1.57. The Morgan fingerprint density at radius 3 is 2.75 bits per heavy atom. The first kappa shape index (κ1) is 14.8. The Balaban J connectivity index is 2.38. The average Bonchev–Trinajstić information content (AvgIpc) is 2.87. The van der Waals surface area contributed by atoms with Gasteiger partial charge in [0, 0.05) is 25.2 Å². The van der Waals surface area contributed by atoms with Crippen molar-refractivity contribution in [3.05, 3.63) is 17.5 Å². The number of carbonyl (C=O) groups is 1. The summed E-state index contributed by atoms with van der Waals surface area (Å²) in [5.74, 6) is -2.87. The first-order valence-electron chi connectivity index (χ1n) is 6.18. The number of hydrogen-bond acceptors (Lipinski definition) is 3. The molecule has 0 spiro atoms. The Labute approximate surface area is 113 Å². The molecule has 0 aliphatic carbocycles. The van der Waals surface area contributed by atoms with Crippen molar-refractivity contribution < 1.29 is 23.1 Å². The van der Waals surface area contributed by atoms with Crippen molar-refractivity contribution in [1.29, 1.82) is 0 Å². The second-order valence-electron chi connectivity index (χ2n) is 5.20. The van der Waals surface area contributed by atoms with Crippen LogP contribution < -0.4 is 5.32 Å². The molecule has 2 N–H and O–H groups in total. The lowest BCUT2D eigenvalue weighted by Gasteiger charge is -2.32. The fraction of sp³-hybridized carbons (Fsp3) is 0.667. The van der Waals surface area contributed by atoms with E-state index in [1.165, 1.54) is 4.68 Å². The predicted molar refractivity (Wildman–Crippen MR) is 64.1 cm³/mol. The largest absolute Gasteiger partial charge is 0.481 e. The number of nitrogens with zero attached hydrogens (tertiary/aromatic N) is 2. The fourth-order valence-electron chi connectivity index (χ4n) is 2.81. The first-order chi connectivity index (χ1) is 9.20. The van der Waals surface area contributed by atoms with Crippen molar-refractivity contribution >= 4 is 5.97 Å². The van der Waals surface area contributed by atoms with Crippen molar-refractivity contribution in [3.63, 3.8) is 0 Å². The third-order valence-electron chi connectivity index (χ3n) is 4.09. The molecular formula is C12H16F3N3O2. The maximum Gasteiger partial charge on any atom is 0.406 e. The lowest BCUT2D eigenvalue weighted by Crippen LogP contribution is -2.51.